The second-order valence-corrected chi connectivity index (χ2v) is 5.16. The van der Waals surface area contributed by atoms with Gasteiger partial charge in [0, 0.05) is 5.02 Å². The van der Waals surface area contributed by atoms with E-state index in [2.05, 4.69) is 0 Å². The molecule has 4 heteroatoms. The van der Waals surface area contributed by atoms with Crippen molar-refractivity contribution >= 4 is 23.2 Å². The highest BCUT2D eigenvalue weighted by Gasteiger charge is 2.07. The van der Waals surface area contributed by atoms with Crippen molar-refractivity contribution in [2.45, 2.75) is 13.3 Å². The summed E-state index contributed by atoms with van der Waals surface area (Å²) in [6.07, 6.45) is 0.806. The summed E-state index contributed by atoms with van der Waals surface area (Å²) in [6.45, 7) is 2.55. The van der Waals surface area contributed by atoms with Crippen LogP contribution in [0.1, 0.15) is 11.1 Å². The van der Waals surface area contributed by atoms with Crippen molar-refractivity contribution in [2.75, 3.05) is 6.54 Å². The molecule has 0 aliphatic carbocycles. The maximum atomic E-state index is 6.21. The van der Waals surface area contributed by atoms with Crippen molar-refractivity contribution in [1.29, 1.82) is 0 Å². The second-order valence-electron chi connectivity index (χ2n) is 4.32. The smallest absolute Gasteiger partial charge is 0.146 e. The molecule has 2 N–H and O–H groups in total. The number of nitrogens with two attached hydrogens (primary N) is 1. The van der Waals surface area contributed by atoms with E-state index < -0.39 is 0 Å². The molecule has 0 bridgehead atoms. The van der Waals surface area contributed by atoms with Gasteiger partial charge in [-0.1, -0.05) is 29.3 Å². The van der Waals surface area contributed by atoms with Crippen LogP contribution in [0, 0.1) is 6.92 Å². The van der Waals surface area contributed by atoms with Crippen LogP contribution in [0.4, 0.5) is 0 Å². The van der Waals surface area contributed by atoms with Crippen LogP contribution in [0.3, 0.4) is 0 Å². The normalized spacial score (nSPS) is 10.5. The molecule has 19 heavy (non-hydrogen) atoms. The molecule has 2 rings (SSSR count). The van der Waals surface area contributed by atoms with Crippen LogP contribution in [-0.2, 0) is 6.42 Å². The molecule has 0 spiro atoms. The van der Waals surface area contributed by atoms with Crippen molar-refractivity contribution in [2.24, 2.45) is 5.73 Å². The molecule has 0 amide bonds. The van der Waals surface area contributed by atoms with Gasteiger partial charge in [-0.25, -0.2) is 0 Å². The van der Waals surface area contributed by atoms with E-state index >= 15 is 0 Å². The van der Waals surface area contributed by atoms with Crippen LogP contribution in [0.2, 0.25) is 10.0 Å². The number of hydrogen-bond acceptors (Lipinski definition) is 2. The fourth-order valence-corrected chi connectivity index (χ4v) is 2.26. The third-order valence-electron chi connectivity index (χ3n) is 2.79. The summed E-state index contributed by atoms with van der Waals surface area (Å²) in [5, 5.41) is 1.27. The molecule has 0 fully saturated rings. The van der Waals surface area contributed by atoms with Gasteiger partial charge in [0.15, 0.2) is 0 Å². The highest BCUT2D eigenvalue weighted by molar-refractivity contribution is 6.32. The lowest BCUT2D eigenvalue weighted by molar-refractivity contribution is 0.479. The van der Waals surface area contributed by atoms with Crippen molar-refractivity contribution in [1.82, 2.24) is 0 Å². The van der Waals surface area contributed by atoms with Crippen LogP contribution in [-0.4, -0.2) is 6.54 Å². The average molecular weight is 296 g/mol. The van der Waals surface area contributed by atoms with Crippen molar-refractivity contribution in [3.63, 3.8) is 0 Å². The summed E-state index contributed by atoms with van der Waals surface area (Å²) in [6, 6.07) is 11.2. The van der Waals surface area contributed by atoms with Gasteiger partial charge in [-0.15, -0.1) is 0 Å². The molecular weight excluding hydrogens is 281 g/mol. The number of rotatable bonds is 4. The summed E-state index contributed by atoms with van der Waals surface area (Å²) in [7, 11) is 0. The number of ether oxygens (including phenoxy) is 1. The highest BCUT2D eigenvalue weighted by atomic mass is 35.5. The fraction of sp³-hybridized carbons (Fsp3) is 0.200. The Hall–Kier alpha value is -1.22. The minimum absolute atomic E-state index is 0.584. The number of aryl methyl sites for hydroxylation is 1. The quantitative estimate of drug-likeness (QED) is 0.895. The van der Waals surface area contributed by atoms with Gasteiger partial charge in [0.1, 0.15) is 11.5 Å². The molecule has 0 atom stereocenters. The summed E-state index contributed by atoms with van der Waals surface area (Å²) in [4.78, 5) is 0. The predicted octanol–water partition coefficient (Wildman–Crippen LogP) is 4.60. The summed E-state index contributed by atoms with van der Waals surface area (Å²) < 4.78 is 5.81. The molecule has 0 unspecified atom stereocenters. The predicted molar refractivity (Wildman–Crippen MR) is 80.5 cm³/mol. The van der Waals surface area contributed by atoms with Gasteiger partial charge in [0.2, 0.25) is 0 Å². The molecule has 2 nitrogen and oxygen atoms in total. The zero-order chi connectivity index (χ0) is 13.8. The third kappa shape index (κ3) is 3.63. The first-order valence-electron chi connectivity index (χ1n) is 6.02. The molecule has 0 aliphatic rings. The molecule has 0 saturated heterocycles. The maximum absolute atomic E-state index is 6.21. The number of hydrogen-bond donors (Lipinski definition) is 1. The largest absolute Gasteiger partial charge is 0.456 e. The molecule has 100 valence electrons. The molecule has 0 saturated carbocycles. The van der Waals surface area contributed by atoms with Gasteiger partial charge in [-0.3, -0.25) is 0 Å². The molecule has 0 aromatic heterocycles. The minimum Gasteiger partial charge on any atom is -0.456 e. The van der Waals surface area contributed by atoms with Crippen LogP contribution >= 0.6 is 23.2 Å². The summed E-state index contributed by atoms with van der Waals surface area (Å²) >= 11 is 12.1. The Bertz CT molecular complexity index is 584. The molecule has 0 heterocycles. The Morgan fingerprint density at radius 1 is 1.05 bits per heavy atom. The molecular formula is C15H15Cl2NO. The van der Waals surface area contributed by atoms with E-state index in [4.69, 9.17) is 33.7 Å². The molecule has 2 aromatic rings. The monoisotopic (exact) mass is 295 g/mol. The topological polar surface area (TPSA) is 35.2 Å². The Morgan fingerprint density at radius 2 is 1.79 bits per heavy atom. The lowest BCUT2D eigenvalue weighted by Crippen LogP contribution is -2.02. The second kappa shape index (κ2) is 6.29. The van der Waals surface area contributed by atoms with E-state index in [1.165, 1.54) is 0 Å². The van der Waals surface area contributed by atoms with Gasteiger partial charge >= 0.3 is 0 Å². The fourth-order valence-electron chi connectivity index (χ4n) is 1.80. The third-order valence-corrected chi connectivity index (χ3v) is 3.32. The SMILES string of the molecule is Cc1cc(Cl)ccc1Oc1ccc(CCN)cc1Cl. The lowest BCUT2D eigenvalue weighted by Gasteiger charge is -2.11. The zero-order valence-corrected chi connectivity index (χ0v) is 12.1. The average Bonchev–Trinajstić information content (AvgIpc) is 2.36. The number of benzene rings is 2. The van der Waals surface area contributed by atoms with Crippen molar-refractivity contribution in [3.05, 3.63) is 57.6 Å². The summed E-state index contributed by atoms with van der Waals surface area (Å²) in [5.41, 5.74) is 7.59. The van der Waals surface area contributed by atoms with E-state index in [1.54, 1.807) is 6.07 Å². The first-order valence-corrected chi connectivity index (χ1v) is 6.78. The van der Waals surface area contributed by atoms with Crippen LogP contribution in [0.15, 0.2) is 36.4 Å². The van der Waals surface area contributed by atoms with E-state index in [-0.39, 0.29) is 0 Å². The first kappa shape index (κ1) is 14.2. The standard InChI is InChI=1S/C15H15Cl2NO/c1-10-8-12(16)3-5-14(10)19-15-4-2-11(6-7-18)9-13(15)17/h2-5,8-9H,6-7,18H2,1H3. The van der Waals surface area contributed by atoms with Gasteiger partial charge in [0.25, 0.3) is 0 Å². The molecule has 2 aromatic carbocycles. The maximum Gasteiger partial charge on any atom is 0.146 e. The zero-order valence-electron chi connectivity index (χ0n) is 10.6. The lowest BCUT2D eigenvalue weighted by atomic mass is 10.1. The Morgan fingerprint density at radius 3 is 2.42 bits per heavy atom. The highest BCUT2D eigenvalue weighted by Crippen LogP contribution is 2.32. The van der Waals surface area contributed by atoms with E-state index in [0.29, 0.717) is 22.3 Å². The van der Waals surface area contributed by atoms with E-state index in [0.717, 1.165) is 23.3 Å². The first-order chi connectivity index (χ1) is 9.10. The van der Waals surface area contributed by atoms with Crippen LogP contribution in [0.25, 0.3) is 0 Å². The van der Waals surface area contributed by atoms with Crippen LogP contribution < -0.4 is 10.5 Å². The van der Waals surface area contributed by atoms with Gasteiger partial charge in [-0.2, -0.15) is 0 Å². The number of halogens is 2. The van der Waals surface area contributed by atoms with Gasteiger partial charge < -0.3 is 10.5 Å². The minimum atomic E-state index is 0.584. The van der Waals surface area contributed by atoms with E-state index in [1.807, 2.05) is 37.3 Å². The van der Waals surface area contributed by atoms with Crippen molar-refractivity contribution < 1.29 is 4.74 Å². The Balaban J connectivity index is 2.23. The van der Waals surface area contributed by atoms with Gasteiger partial charge in [0.05, 0.1) is 5.02 Å². The van der Waals surface area contributed by atoms with E-state index in [9.17, 15) is 0 Å². The summed E-state index contributed by atoms with van der Waals surface area (Å²) in [5.74, 6) is 1.38. The van der Waals surface area contributed by atoms with Crippen LogP contribution in [0.5, 0.6) is 11.5 Å². The molecule has 0 aliphatic heterocycles. The Labute approximate surface area is 123 Å². The Kier molecular flexibility index (Phi) is 4.70. The van der Waals surface area contributed by atoms with Gasteiger partial charge in [-0.05, 0) is 61.3 Å². The van der Waals surface area contributed by atoms with Crippen molar-refractivity contribution in [3.8, 4) is 11.5 Å². The molecule has 0 radical (unpaired) electrons.